The normalized spacial score (nSPS) is 12.0. The zero-order chi connectivity index (χ0) is 9.45. The van der Waals surface area contributed by atoms with Crippen molar-refractivity contribution in [2.45, 2.75) is 20.8 Å². The van der Waals surface area contributed by atoms with Crippen LogP contribution in [0, 0.1) is 0 Å². The first-order chi connectivity index (χ1) is 5.74. The molecule has 0 bridgehead atoms. The SMILES string of the molecule is CCO[N+](NC)(OCC)OCC. The highest BCUT2D eigenvalue weighted by Gasteiger charge is 2.31. The van der Waals surface area contributed by atoms with Crippen LogP contribution >= 0.6 is 0 Å². The molecule has 0 atom stereocenters. The van der Waals surface area contributed by atoms with Crippen molar-refractivity contribution in [2.24, 2.45) is 0 Å². The quantitative estimate of drug-likeness (QED) is 0.463. The summed E-state index contributed by atoms with van der Waals surface area (Å²) in [6, 6.07) is 0. The van der Waals surface area contributed by atoms with E-state index in [1.165, 1.54) is 0 Å². The lowest BCUT2D eigenvalue weighted by Gasteiger charge is -2.25. The van der Waals surface area contributed by atoms with Gasteiger partial charge in [-0.25, -0.2) is 0 Å². The van der Waals surface area contributed by atoms with Crippen LogP contribution in [0.2, 0.25) is 0 Å². The van der Waals surface area contributed by atoms with Gasteiger partial charge in [0.05, 0.1) is 0 Å². The summed E-state index contributed by atoms with van der Waals surface area (Å²) in [6.07, 6.45) is 0. The zero-order valence-corrected chi connectivity index (χ0v) is 8.29. The molecule has 12 heavy (non-hydrogen) atoms. The van der Waals surface area contributed by atoms with Crippen molar-refractivity contribution in [3.05, 3.63) is 0 Å². The smallest absolute Gasteiger partial charge is 0.110 e. The van der Waals surface area contributed by atoms with Crippen molar-refractivity contribution < 1.29 is 19.6 Å². The van der Waals surface area contributed by atoms with Gasteiger partial charge in [-0.2, -0.15) is 0 Å². The van der Waals surface area contributed by atoms with Gasteiger partial charge in [0.2, 0.25) is 0 Å². The maximum atomic E-state index is 5.24. The Hall–Kier alpha value is -0.200. The summed E-state index contributed by atoms with van der Waals surface area (Å²) < 4.78 is 0. The summed E-state index contributed by atoms with van der Waals surface area (Å²) in [5.41, 5.74) is 2.79. The molecule has 0 amide bonds. The zero-order valence-electron chi connectivity index (χ0n) is 8.29. The van der Waals surface area contributed by atoms with Crippen molar-refractivity contribution in [2.75, 3.05) is 26.9 Å². The second-order valence-corrected chi connectivity index (χ2v) is 1.97. The van der Waals surface area contributed by atoms with Gasteiger partial charge in [-0.1, -0.05) is 5.43 Å². The molecule has 1 N–H and O–H groups in total. The molecule has 0 aromatic heterocycles. The highest BCUT2D eigenvalue weighted by Crippen LogP contribution is 2.05. The molecule has 0 aliphatic heterocycles. The summed E-state index contributed by atoms with van der Waals surface area (Å²) in [7, 11) is 1.71. The fraction of sp³-hybridized carbons (Fsp3) is 1.00. The van der Waals surface area contributed by atoms with Crippen LogP contribution in [0.3, 0.4) is 0 Å². The lowest BCUT2D eigenvalue weighted by molar-refractivity contribution is -1.39. The van der Waals surface area contributed by atoms with E-state index in [2.05, 4.69) is 5.43 Å². The summed E-state index contributed by atoms with van der Waals surface area (Å²) in [5.74, 6) is 0. The Balaban J connectivity index is 4.06. The predicted octanol–water partition coefficient (Wildman–Crippen LogP) is 0.792. The molecule has 0 spiro atoms. The Morgan fingerprint density at radius 2 is 1.25 bits per heavy atom. The fourth-order valence-electron chi connectivity index (χ4n) is 0.815. The third kappa shape index (κ3) is 3.46. The predicted molar refractivity (Wildman–Crippen MR) is 44.2 cm³/mol. The Bertz CT molecular complexity index is 93.8. The van der Waals surface area contributed by atoms with Gasteiger partial charge in [0, 0.05) is 7.05 Å². The molecule has 0 aromatic rings. The van der Waals surface area contributed by atoms with Gasteiger partial charge in [0.15, 0.2) is 5.08 Å². The van der Waals surface area contributed by atoms with Gasteiger partial charge in [0.25, 0.3) is 0 Å². The van der Waals surface area contributed by atoms with Crippen molar-refractivity contribution in [1.82, 2.24) is 5.43 Å². The van der Waals surface area contributed by atoms with E-state index >= 15 is 0 Å². The maximum Gasteiger partial charge on any atom is 0.174 e. The Morgan fingerprint density at radius 3 is 1.42 bits per heavy atom. The van der Waals surface area contributed by atoms with Gasteiger partial charge in [-0.3, -0.25) is 0 Å². The van der Waals surface area contributed by atoms with Gasteiger partial charge in [0.1, 0.15) is 19.8 Å². The molecule has 0 aromatic carbocycles. The average molecular weight is 179 g/mol. The van der Waals surface area contributed by atoms with Crippen molar-refractivity contribution >= 4 is 0 Å². The second-order valence-electron chi connectivity index (χ2n) is 1.97. The maximum absolute atomic E-state index is 5.24. The third-order valence-electron chi connectivity index (χ3n) is 1.17. The van der Waals surface area contributed by atoms with Gasteiger partial charge < -0.3 is 0 Å². The van der Waals surface area contributed by atoms with Crippen molar-refractivity contribution in [1.29, 1.82) is 0 Å². The topological polar surface area (TPSA) is 39.7 Å². The molecule has 0 rings (SSSR count). The molecular weight excluding hydrogens is 160 g/mol. The van der Waals surface area contributed by atoms with Crippen LogP contribution in [0.1, 0.15) is 20.8 Å². The minimum Gasteiger partial charge on any atom is -0.110 e. The molecule has 74 valence electrons. The van der Waals surface area contributed by atoms with E-state index in [1.54, 1.807) is 7.05 Å². The highest BCUT2D eigenvalue weighted by molar-refractivity contribution is 3.99. The van der Waals surface area contributed by atoms with Crippen molar-refractivity contribution in [3.8, 4) is 0 Å². The van der Waals surface area contributed by atoms with Crippen LogP contribution < -0.4 is 5.43 Å². The Labute approximate surface area is 73.6 Å². The summed E-state index contributed by atoms with van der Waals surface area (Å²) in [4.78, 5) is 15.7. The van der Waals surface area contributed by atoms with Crippen LogP contribution in [-0.2, 0) is 14.5 Å². The lowest BCUT2D eigenvalue weighted by Crippen LogP contribution is -2.55. The molecule has 0 unspecified atom stereocenters. The van der Waals surface area contributed by atoms with Crippen LogP contribution in [0.4, 0.5) is 0 Å². The molecule has 0 heterocycles. The Kier molecular flexibility index (Phi) is 6.23. The van der Waals surface area contributed by atoms with E-state index in [9.17, 15) is 0 Å². The van der Waals surface area contributed by atoms with E-state index < -0.39 is 5.08 Å². The first kappa shape index (κ1) is 11.8. The molecular formula is C7H19N2O3+. The molecule has 0 aliphatic rings. The molecule has 5 nitrogen and oxygen atoms in total. The molecule has 0 radical (unpaired) electrons. The van der Waals surface area contributed by atoms with Crippen LogP contribution in [0.25, 0.3) is 0 Å². The van der Waals surface area contributed by atoms with Gasteiger partial charge in [-0.05, 0) is 20.8 Å². The van der Waals surface area contributed by atoms with E-state index in [0.717, 1.165) is 0 Å². The first-order valence-corrected chi connectivity index (χ1v) is 4.26. The lowest BCUT2D eigenvalue weighted by atomic mass is 10.9. The summed E-state index contributed by atoms with van der Waals surface area (Å²) in [6.45, 7) is 7.18. The average Bonchev–Trinajstić information content (AvgIpc) is 2.06. The molecule has 0 aliphatic carbocycles. The summed E-state index contributed by atoms with van der Waals surface area (Å²) in [5, 5.41) is -0.399. The number of hydrogen-bond acceptors (Lipinski definition) is 4. The number of hydrogen-bond donors (Lipinski definition) is 1. The molecule has 5 heteroatoms. The van der Waals surface area contributed by atoms with Gasteiger partial charge in [-0.15, -0.1) is 14.5 Å². The number of nitrogens with zero attached hydrogens (tertiary/aromatic N) is 1. The third-order valence-corrected chi connectivity index (χ3v) is 1.17. The standard InChI is InChI=1S/C7H19N2O3/c1-5-10-9(8-4,11-6-2)12-7-3/h8H,5-7H2,1-4H3/q+1. The molecule has 0 fully saturated rings. The molecule has 0 saturated carbocycles. The van der Waals surface area contributed by atoms with E-state index in [4.69, 9.17) is 14.5 Å². The van der Waals surface area contributed by atoms with Crippen LogP contribution in [-0.4, -0.2) is 32.0 Å². The highest BCUT2D eigenvalue weighted by atomic mass is 17.2. The minimum atomic E-state index is -0.399. The summed E-state index contributed by atoms with van der Waals surface area (Å²) >= 11 is 0. The Morgan fingerprint density at radius 1 is 0.917 bits per heavy atom. The second kappa shape index (κ2) is 6.33. The number of nitrogens with one attached hydrogen (secondary N) is 1. The largest absolute Gasteiger partial charge is 0.174 e. The van der Waals surface area contributed by atoms with Crippen LogP contribution in [0.15, 0.2) is 0 Å². The van der Waals surface area contributed by atoms with Crippen molar-refractivity contribution in [3.63, 3.8) is 0 Å². The van der Waals surface area contributed by atoms with E-state index in [1.807, 2.05) is 20.8 Å². The van der Waals surface area contributed by atoms with E-state index in [-0.39, 0.29) is 0 Å². The first-order valence-electron chi connectivity index (χ1n) is 4.26. The number of quaternary nitrogens is 1. The van der Waals surface area contributed by atoms with Crippen LogP contribution in [0.5, 0.6) is 0 Å². The van der Waals surface area contributed by atoms with Gasteiger partial charge >= 0.3 is 0 Å². The fourth-order valence-corrected chi connectivity index (χ4v) is 0.815. The van der Waals surface area contributed by atoms with E-state index in [0.29, 0.717) is 19.8 Å². The number of rotatable bonds is 7. The minimum absolute atomic E-state index is 0.399. The monoisotopic (exact) mass is 179 g/mol. The molecule has 0 saturated heterocycles.